The number of aryl methyl sites for hydroxylation is 3. The molecule has 2 N–H and O–H groups in total. The highest BCUT2D eigenvalue weighted by atomic mass is 79.9. The molecule has 1 heterocycles. The Morgan fingerprint density at radius 2 is 1.62 bits per heavy atom. The first-order chi connectivity index (χ1) is 21.6. The molecule has 1 saturated heterocycles. The predicted octanol–water partition coefficient (Wildman–Crippen LogP) is 8.16. The molecular formula is C37H50BrFN4O4. The van der Waals surface area contributed by atoms with Crippen molar-refractivity contribution in [2.24, 2.45) is 4.99 Å². The summed E-state index contributed by atoms with van der Waals surface area (Å²) in [4.78, 5) is 19.8. The van der Waals surface area contributed by atoms with Gasteiger partial charge in [0.25, 0.3) is 0 Å². The average Bonchev–Trinajstić information content (AvgIpc) is 3.17. The Balaban J connectivity index is 0.00000600. The van der Waals surface area contributed by atoms with Gasteiger partial charge in [-0.1, -0.05) is 30.3 Å². The molecule has 1 fully saturated rings. The number of ether oxygens (including phenoxy) is 3. The highest BCUT2D eigenvalue weighted by Crippen LogP contribution is 2.33. The molecule has 0 aromatic heterocycles. The van der Waals surface area contributed by atoms with Gasteiger partial charge in [-0.2, -0.15) is 0 Å². The van der Waals surface area contributed by atoms with Crippen LogP contribution in [-0.2, 0) is 22.4 Å². The van der Waals surface area contributed by atoms with Crippen LogP contribution in [0.4, 0.5) is 9.18 Å². The van der Waals surface area contributed by atoms with E-state index in [1.807, 2.05) is 72.7 Å². The van der Waals surface area contributed by atoms with Gasteiger partial charge in [-0.05, 0) is 127 Å². The molecule has 3 aromatic carbocycles. The summed E-state index contributed by atoms with van der Waals surface area (Å²) in [6.45, 7) is 18.8. The van der Waals surface area contributed by atoms with Crippen molar-refractivity contribution in [3.63, 3.8) is 0 Å². The first-order valence-electron chi connectivity index (χ1n) is 15.9. The zero-order valence-electron chi connectivity index (χ0n) is 29.1. The molecular weight excluding hydrogens is 663 g/mol. The minimum atomic E-state index is -0.833. The molecule has 1 aliphatic heterocycles. The molecule has 0 bridgehead atoms. The molecule has 47 heavy (non-hydrogen) atoms. The SMILES string of the molecule is Br.Cc1cc(C)cc(Oc2ccc(CN=C(NCCc3ccc(F)cc3)NCC3C(C)OC(C)(C)N3C(=O)OC(C)(C)C)cc2C)c1. The number of carbonyl (C=O) groups excluding carboxylic acids is 1. The molecule has 2 atom stereocenters. The van der Waals surface area contributed by atoms with Crippen molar-refractivity contribution in [3.8, 4) is 11.5 Å². The van der Waals surface area contributed by atoms with Crippen molar-refractivity contribution in [3.05, 3.63) is 94.3 Å². The van der Waals surface area contributed by atoms with Crippen molar-refractivity contribution < 1.29 is 23.4 Å². The maximum absolute atomic E-state index is 13.4. The van der Waals surface area contributed by atoms with Crippen LogP contribution in [0.1, 0.15) is 69.4 Å². The van der Waals surface area contributed by atoms with Crippen LogP contribution in [0.25, 0.3) is 0 Å². The third kappa shape index (κ3) is 11.0. The molecule has 1 aliphatic rings. The Hall–Kier alpha value is -3.63. The van der Waals surface area contributed by atoms with Gasteiger partial charge in [-0.25, -0.2) is 14.2 Å². The second kappa shape index (κ2) is 16.0. The molecule has 8 nitrogen and oxygen atoms in total. The predicted molar refractivity (Wildman–Crippen MR) is 191 cm³/mol. The number of guanidine groups is 1. The number of halogens is 2. The minimum absolute atomic E-state index is 0. The van der Waals surface area contributed by atoms with E-state index in [2.05, 4.69) is 36.6 Å². The molecule has 2 unspecified atom stereocenters. The first-order valence-corrected chi connectivity index (χ1v) is 15.9. The fourth-order valence-corrected chi connectivity index (χ4v) is 5.69. The van der Waals surface area contributed by atoms with Crippen molar-refractivity contribution >= 4 is 29.0 Å². The van der Waals surface area contributed by atoms with E-state index >= 15 is 0 Å². The minimum Gasteiger partial charge on any atom is -0.457 e. The largest absolute Gasteiger partial charge is 0.457 e. The molecule has 0 saturated carbocycles. The zero-order chi connectivity index (χ0) is 33.6. The van der Waals surface area contributed by atoms with Crippen LogP contribution in [0.15, 0.2) is 65.7 Å². The molecule has 0 aliphatic carbocycles. The number of carbonyl (C=O) groups is 1. The lowest BCUT2D eigenvalue weighted by Crippen LogP contribution is -2.54. The molecule has 3 aromatic rings. The summed E-state index contributed by atoms with van der Waals surface area (Å²) >= 11 is 0. The van der Waals surface area contributed by atoms with Crippen molar-refractivity contribution in [1.29, 1.82) is 0 Å². The van der Waals surface area contributed by atoms with Gasteiger partial charge < -0.3 is 24.8 Å². The van der Waals surface area contributed by atoms with Gasteiger partial charge in [-0.3, -0.25) is 4.90 Å². The quantitative estimate of drug-likeness (QED) is 0.172. The second-order valence-corrected chi connectivity index (χ2v) is 13.6. The summed E-state index contributed by atoms with van der Waals surface area (Å²) in [7, 11) is 0. The fourth-order valence-electron chi connectivity index (χ4n) is 5.69. The summed E-state index contributed by atoms with van der Waals surface area (Å²) in [5, 5.41) is 6.85. The Bertz CT molecular complexity index is 1520. The van der Waals surface area contributed by atoms with Crippen LogP contribution in [0.3, 0.4) is 0 Å². The topological polar surface area (TPSA) is 84.4 Å². The van der Waals surface area contributed by atoms with Gasteiger partial charge in [0.2, 0.25) is 0 Å². The summed E-state index contributed by atoms with van der Waals surface area (Å²) < 4.78 is 31.5. The van der Waals surface area contributed by atoms with Gasteiger partial charge in [0, 0.05) is 13.1 Å². The Morgan fingerprint density at radius 3 is 2.23 bits per heavy atom. The Morgan fingerprint density at radius 1 is 0.979 bits per heavy atom. The standard InChI is InChI=1S/C37H49FN4O4.BrH/c1-24-18-25(2)20-31(19-24)44-33-15-12-29(21-26(33)3)22-40-34(39-17-16-28-10-13-30(38)14-11-28)41-23-32-27(4)45-37(8,9)42(32)35(43)46-36(5,6)7;/h10-15,18-21,27,32H,16-17,22-23H2,1-9H3,(H2,39,40,41);1H. The summed E-state index contributed by atoms with van der Waals surface area (Å²) in [6, 6.07) is 18.5. The molecule has 1 amide bonds. The number of nitrogens with one attached hydrogen (secondary N) is 2. The van der Waals surface area contributed by atoms with Crippen LogP contribution in [0.5, 0.6) is 11.5 Å². The second-order valence-electron chi connectivity index (χ2n) is 13.6. The lowest BCUT2D eigenvalue weighted by Gasteiger charge is -2.35. The van der Waals surface area contributed by atoms with E-state index in [9.17, 15) is 9.18 Å². The van der Waals surface area contributed by atoms with E-state index in [0.717, 1.165) is 39.3 Å². The van der Waals surface area contributed by atoms with Gasteiger partial charge in [0.15, 0.2) is 5.96 Å². The van der Waals surface area contributed by atoms with Crippen LogP contribution in [-0.4, -0.2) is 53.5 Å². The third-order valence-corrected chi connectivity index (χ3v) is 7.70. The van der Waals surface area contributed by atoms with Crippen LogP contribution in [0.2, 0.25) is 0 Å². The molecule has 10 heteroatoms. The van der Waals surface area contributed by atoms with E-state index in [1.54, 1.807) is 17.0 Å². The van der Waals surface area contributed by atoms with Crippen LogP contribution in [0, 0.1) is 26.6 Å². The van der Waals surface area contributed by atoms with Crippen LogP contribution < -0.4 is 15.4 Å². The molecule has 0 spiro atoms. The number of hydrogen-bond donors (Lipinski definition) is 2. The number of aliphatic imine (C=N–C) groups is 1. The molecule has 4 rings (SSSR count). The number of nitrogens with zero attached hydrogens (tertiary/aromatic N) is 2. The first kappa shape index (κ1) is 37.8. The molecule has 0 radical (unpaired) electrons. The lowest BCUT2D eigenvalue weighted by atomic mass is 10.1. The van der Waals surface area contributed by atoms with Crippen LogP contribution >= 0.6 is 17.0 Å². The summed E-state index contributed by atoms with van der Waals surface area (Å²) in [5.41, 5.74) is 3.89. The summed E-state index contributed by atoms with van der Waals surface area (Å²) in [6.07, 6.45) is 0.0303. The Kier molecular flexibility index (Phi) is 12.9. The van der Waals surface area contributed by atoms with E-state index in [-0.39, 0.29) is 34.9 Å². The maximum atomic E-state index is 13.4. The smallest absolute Gasteiger partial charge is 0.412 e. The average molecular weight is 714 g/mol. The van der Waals surface area contributed by atoms with E-state index < -0.39 is 17.4 Å². The fraction of sp³-hybridized carbons (Fsp3) is 0.459. The summed E-state index contributed by atoms with van der Waals surface area (Å²) in [5.74, 6) is 1.95. The van der Waals surface area contributed by atoms with E-state index in [0.29, 0.717) is 32.0 Å². The van der Waals surface area contributed by atoms with E-state index in [4.69, 9.17) is 19.2 Å². The number of amides is 1. The highest BCUT2D eigenvalue weighted by molar-refractivity contribution is 8.93. The molecule has 256 valence electrons. The third-order valence-electron chi connectivity index (χ3n) is 7.70. The lowest BCUT2D eigenvalue weighted by molar-refractivity contribution is -0.0755. The van der Waals surface area contributed by atoms with Gasteiger partial charge >= 0.3 is 6.09 Å². The number of hydrogen-bond acceptors (Lipinski definition) is 5. The number of rotatable bonds is 9. The monoisotopic (exact) mass is 712 g/mol. The van der Waals surface area contributed by atoms with Gasteiger partial charge in [0.05, 0.1) is 18.7 Å². The van der Waals surface area contributed by atoms with Crippen molar-refractivity contribution in [1.82, 2.24) is 15.5 Å². The zero-order valence-corrected chi connectivity index (χ0v) is 30.8. The van der Waals surface area contributed by atoms with Gasteiger partial charge in [-0.15, -0.1) is 17.0 Å². The van der Waals surface area contributed by atoms with Crippen molar-refractivity contribution in [2.75, 3.05) is 13.1 Å². The maximum Gasteiger partial charge on any atom is 0.412 e. The normalized spacial score (nSPS) is 17.6. The number of benzene rings is 3. The highest BCUT2D eigenvalue weighted by Gasteiger charge is 2.49. The van der Waals surface area contributed by atoms with E-state index in [1.165, 1.54) is 12.1 Å². The van der Waals surface area contributed by atoms with Gasteiger partial charge in [0.1, 0.15) is 28.6 Å². The Labute approximate surface area is 289 Å². The van der Waals surface area contributed by atoms with Crippen molar-refractivity contribution in [2.45, 2.75) is 98.8 Å².